The lowest BCUT2D eigenvalue weighted by Crippen LogP contribution is -2.56. The van der Waals surface area contributed by atoms with Gasteiger partial charge in [-0.05, 0) is 19.4 Å². The van der Waals surface area contributed by atoms with Crippen LogP contribution >= 0.6 is 0 Å². The predicted octanol–water partition coefficient (Wildman–Crippen LogP) is 0.260. The third kappa shape index (κ3) is 3.20. The molecule has 1 atom stereocenters. The first-order chi connectivity index (χ1) is 7.41. The minimum absolute atomic E-state index is 0.0511. The molecule has 5 nitrogen and oxygen atoms in total. The molecule has 92 valence electrons. The number of likely N-dealkylation sites (N-methyl/N-ethyl adjacent to an activating group) is 1. The van der Waals surface area contributed by atoms with E-state index in [0.29, 0.717) is 12.5 Å². The molecular weight excluding hydrogens is 208 g/mol. The average Bonchev–Trinajstić information content (AvgIpc) is 2.16. The van der Waals surface area contributed by atoms with Crippen molar-refractivity contribution >= 4 is 11.9 Å². The fraction of sp³-hybridized carbons (Fsp3) is 0.818. The Bertz CT molecular complexity index is 278. The van der Waals surface area contributed by atoms with Crippen molar-refractivity contribution in [3.8, 4) is 0 Å². The van der Waals surface area contributed by atoms with Crippen LogP contribution in [0.15, 0.2) is 0 Å². The van der Waals surface area contributed by atoms with Crippen LogP contribution in [0.4, 0.5) is 0 Å². The van der Waals surface area contributed by atoms with Gasteiger partial charge in [0.1, 0.15) is 6.54 Å². The second-order valence-corrected chi connectivity index (χ2v) is 4.78. The number of aliphatic carboxylic acids is 1. The van der Waals surface area contributed by atoms with Crippen LogP contribution in [0.5, 0.6) is 0 Å². The Kier molecular flexibility index (Phi) is 4.29. The summed E-state index contributed by atoms with van der Waals surface area (Å²) in [4.78, 5) is 26.1. The summed E-state index contributed by atoms with van der Waals surface area (Å²) >= 11 is 0. The van der Waals surface area contributed by atoms with Crippen LogP contribution in [0.2, 0.25) is 0 Å². The van der Waals surface area contributed by atoms with E-state index < -0.39 is 5.97 Å². The predicted molar refractivity (Wildman–Crippen MR) is 60.1 cm³/mol. The van der Waals surface area contributed by atoms with Gasteiger partial charge in [-0.3, -0.25) is 14.5 Å². The van der Waals surface area contributed by atoms with Crippen LogP contribution in [0.3, 0.4) is 0 Å². The molecule has 0 aromatic rings. The van der Waals surface area contributed by atoms with E-state index in [9.17, 15) is 9.59 Å². The SMILES string of the molecule is CC(C)CC1C(=O)N(CC(=O)O)CCN1C. The number of nitrogens with zero attached hydrogens (tertiary/aromatic N) is 2. The number of carbonyl (C=O) groups is 2. The number of hydrogen-bond donors (Lipinski definition) is 1. The molecule has 1 unspecified atom stereocenters. The fourth-order valence-electron chi connectivity index (χ4n) is 1.99. The summed E-state index contributed by atoms with van der Waals surface area (Å²) in [6, 6.07) is -0.159. The first-order valence-electron chi connectivity index (χ1n) is 5.62. The topological polar surface area (TPSA) is 60.9 Å². The van der Waals surface area contributed by atoms with E-state index in [4.69, 9.17) is 5.11 Å². The summed E-state index contributed by atoms with van der Waals surface area (Å²) in [5.74, 6) is -0.563. The molecule has 0 radical (unpaired) electrons. The Hall–Kier alpha value is -1.10. The quantitative estimate of drug-likeness (QED) is 0.749. The summed E-state index contributed by atoms with van der Waals surface area (Å²) in [6.45, 7) is 5.21. The number of amides is 1. The molecule has 1 N–H and O–H groups in total. The van der Waals surface area contributed by atoms with Gasteiger partial charge in [0.05, 0.1) is 6.04 Å². The van der Waals surface area contributed by atoms with Gasteiger partial charge in [-0.15, -0.1) is 0 Å². The number of carboxylic acids is 1. The first-order valence-corrected chi connectivity index (χ1v) is 5.62. The highest BCUT2D eigenvalue weighted by Gasteiger charge is 2.33. The zero-order chi connectivity index (χ0) is 12.3. The van der Waals surface area contributed by atoms with Gasteiger partial charge < -0.3 is 10.0 Å². The molecule has 1 heterocycles. The molecule has 0 aliphatic carbocycles. The average molecular weight is 228 g/mol. The normalized spacial score (nSPS) is 22.9. The summed E-state index contributed by atoms with van der Waals surface area (Å²) in [5, 5.41) is 8.71. The van der Waals surface area contributed by atoms with Crippen molar-refractivity contribution in [3.05, 3.63) is 0 Å². The second-order valence-electron chi connectivity index (χ2n) is 4.78. The van der Waals surface area contributed by atoms with Gasteiger partial charge >= 0.3 is 5.97 Å². The summed E-state index contributed by atoms with van der Waals surface area (Å²) in [7, 11) is 1.92. The van der Waals surface area contributed by atoms with Crippen LogP contribution in [0.25, 0.3) is 0 Å². The number of hydrogen-bond acceptors (Lipinski definition) is 3. The summed E-state index contributed by atoms with van der Waals surface area (Å²) in [6.07, 6.45) is 0.783. The fourth-order valence-corrected chi connectivity index (χ4v) is 1.99. The zero-order valence-electron chi connectivity index (χ0n) is 10.1. The van der Waals surface area contributed by atoms with Crippen molar-refractivity contribution in [3.63, 3.8) is 0 Å². The molecule has 0 aromatic carbocycles. The van der Waals surface area contributed by atoms with Crippen molar-refractivity contribution in [1.82, 2.24) is 9.80 Å². The van der Waals surface area contributed by atoms with Crippen molar-refractivity contribution in [2.75, 3.05) is 26.7 Å². The number of piperazine rings is 1. The molecule has 0 saturated carbocycles. The molecule has 0 bridgehead atoms. The van der Waals surface area contributed by atoms with E-state index >= 15 is 0 Å². The molecular formula is C11H20N2O3. The second kappa shape index (κ2) is 5.30. The van der Waals surface area contributed by atoms with Crippen LogP contribution in [-0.2, 0) is 9.59 Å². The molecule has 1 amide bonds. The molecule has 1 fully saturated rings. The van der Waals surface area contributed by atoms with Gasteiger partial charge in [0.2, 0.25) is 5.91 Å². The Morgan fingerprint density at radius 3 is 2.62 bits per heavy atom. The highest BCUT2D eigenvalue weighted by Crippen LogP contribution is 2.16. The van der Waals surface area contributed by atoms with Gasteiger partial charge in [0.15, 0.2) is 0 Å². The Balaban J connectivity index is 2.67. The third-order valence-electron chi connectivity index (χ3n) is 2.87. The molecule has 0 aromatic heterocycles. The first kappa shape index (κ1) is 13.0. The maximum Gasteiger partial charge on any atom is 0.323 e. The van der Waals surface area contributed by atoms with Crippen LogP contribution < -0.4 is 0 Å². The van der Waals surface area contributed by atoms with Gasteiger partial charge in [0, 0.05) is 13.1 Å². The van der Waals surface area contributed by atoms with E-state index in [1.54, 1.807) is 0 Å². The maximum atomic E-state index is 12.0. The summed E-state index contributed by atoms with van der Waals surface area (Å²) in [5.41, 5.74) is 0. The maximum absolute atomic E-state index is 12.0. The third-order valence-corrected chi connectivity index (χ3v) is 2.87. The van der Waals surface area contributed by atoms with Crippen molar-refractivity contribution in [2.45, 2.75) is 26.3 Å². The van der Waals surface area contributed by atoms with Crippen LogP contribution in [0, 0.1) is 5.92 Å². The van der Waals surface area contributed by atoms with E-state index in [-0.39, 0.29) is 18.5 Å². The largest absolute Gasteiger partial charge is 0.480 e. The van der Waals surface area contributed by atoms with Crippen molar-refractivity contribution in [2.24, 2.45) is 5.92 Å². The van der Waals surface area contributed by atoms with E-state index in [1.165, 1.54) is 4.90 Å². The highest BCUT2D eigenvalue weighted by atomic mass is 16.4. The summed E-state index contributed by atoms with van der Waals surface area (Å²) < 4.78 is 0. The number of rotatable bonds is 4. The van der Waals surface area contributed by atoms with Gasteiger partial charge in [-0.2, -0.15) is 0 Å². The Morgan fingerprint density at radius 2 is 2.12 bits per heavy atom. The Morgan fingerprint density at radius 1 is 1.50 bits per heavy atom. The molecule has 5 heteroatoms. The lowest BCUT2D eigenvalue weighted by Gasteiger charge is -2.38. The van der Waals surface area contributed by atoms with E-state index in [2.05, 4.69) is 13.8 Å². The standard InChI is InChI=1S/C11H20N2O3/c1-8(2)6-9-11(16)13(7-10(14)15)5-4-12(9)3/h8-9H,4-7H2,1-3H3,(H,14,15). The lowest BCUT2D eigenvalue weighted by atomic mass is 10.00. The van der Waals surface area contributed by atoms with Crippen LogP contribution in [-0.4, -0.2) is 59.5 Å². The minimum atomic E-state index is -0.943. The molecule has 1 saturated heterocycles. The van der Waals surface area contributed by atoms with Crippen molar-refractivity contribution < 1.29 is 14.7 Å². The highest BCUT2D eigenvalue weighted by molar-refractivity contribution is 5.86. The number of carbonyl (C=O) groups excluding carboxylic acids is 1. The smallest absolute Gasteiger partial charge is 0.323 e. The molecule has 1 rings (SSSR count). The van der Waals surface area contributed by atoms with E-state index in [1.807, 2.05) is 11.9 Å². The Labute approximate surface area is 96.0 Å². The molecule has 0 spiro atoms. The minimum Gasteiger partial charge on any atom is -0.480 e. The lowest BCUT2D eigenvalue weighted by molar-refractivity contribution is -0.150. The molecule has 16 heavy (non-hydrogen) atoms. The molecule has 1 aliphatic heterocycles. The van der Waals surface area contributed by atoms with E-state index in [0.717, 1.165) is 13.0 Å². The van der Waals surface area contributed by atoms with Gasteiger partial charge in [-0.25, -0.2) is 0 Å². The van der Waals surface area contributed by atoms with Gasteiger partial charge in [-0.1, -0.05) is 13.8 Å². The zero-order valence-corrected chi connectivity index (χ0v) is 10.1. The molecule has 1 aliphatic rings. The van der Waals surface area contributed by atoms with Gasteiger partial charge in [0.25, 0.3) is 0 Å². The monoisotopic (exact) mass is 228 g/mol. The van der Waals surface area contributed by atoms with Crippen molar-refractivity contribution in [1.29, 1.82) is 0 Å². The van der Waals surface area contributed by atoms with Crippen LogP contribution in [0.1, 0.15) is 20.3 Å². The number of carboxylic acid groups (broad SMARTS) is 1.